The van der Waals surface area contributed by atoms with E-state index in [1.807, 2.05) is 0 Å². The summed E-state index contributed by atoms with van der Waals surface area (Å²) in [7, 11) is 0. The molecule has 3 heterocycles. The Morgan fingerprint density at radius 3 is 2.14 bits per heavy atom. The first-order valence-corrected chi connectivity index (χ1v) is 7.69. The maximum atomic E-state index is 4.68. The highest BCUT2D eigenvalue weighted by atomic mass is 14.8. The van der Waals surface area contributed by atoms with Gasteiger partial charge >= 0.3 is 0 Å². The second-order valence-electron chi connectivity index (χ2n) is 6.20. The molecule has 0 atom stereocenters. The highest BCUT2D eigenvalue weighted by Crippen LogP contribution is 2.31. The lowest BCUT2D eigenvalue weighted by Gasteiger charge is -1.98. The lowest BCUT2D eigenvalue weighted by atomic mass is 10.1. The lowest BCUT2D eigenvalue weighted by Crippen LogP contribution is -1.86. The molecule has 2 N–H and O–H groups in total. The molecule has 22 heavy (non-hydrogen) atoms. The van der Waals surface area contributed by atoms with E-state index >= 15 is 0 Å². The third-order valence-electron chi connectivity index (χ3n) is 4.76. The SMILES string of the molecule is CC1=NC(=Cc2[nH]c(-c3ccc(C)[nH]3)c(C)c2C)C(C)=C1C. The maximum absolute atomic E-state index is 4.68. The summed E-state index contributed by atoms with van der Waals surface area (Å²) >= 11 is 0. The molecule has 0 spiro atoms. The number of allylic oxidation sites excluding steroid dienone is 2. The van der Waals surface area contributed by atoms with Crippen molar-refractivity contribution in [3.05, 3.63) is 51.5 Å². The van der Waals surface area contributed by atoms with E-state index in [0.717, 1.165) is 28.5 Å². The standard InChI is InChI=1S/C19H23N3/c1-10-7-8-16(20-10)19-14(5)13(4)18(22-19)9-17-12(3)11(2)15(6)21-17/h7-9,20,22H,1-6H3. The number of nitrogens with zero attached hydrogens (tertiary/aromatic N) is 1. The molecule has 0 aliphatic carbocycles. The quantitative estimate of drug-likeness (QED) is 0.775. The summed E-state index contributed by atoms with van der Waals surface area (Å²) in [4.78, 5) is 11.6. The molecule has 0 bridgehead atoms. The van der Waals surface area contributed by atoms with Crippen LogP contribution in [-0.4, -0.2) is 15.7 Å². The third-order valence-corrected chi connectivity index (χ3v) is 4.76. The lowest BCUT2D eigenvalue weighted by molar-refractivity contribution is 1.23. The fraction of sp³-hybridized carbons (Fsp3) is 0.316. The van der Waals surface area contributed by atoms with Crippen LogP contribution in [0.15, 0.2) is 34.0 Å². The average molecular weight is 293 g/mol. The van der Waals surface area contributed by atoms with Gasteiger partial charge in [-0.3, -0.25) is 4.99 Å². The van der Waals surface area contributed by atoms with E-state index in [2.05, 4.69) is 74.7 Å². The topological polar surface area (TPSA) is 43.9 Å². The second-order valence-corrected chi connectivity index (χ2v) is 6.20. The van der Waals surface area contributed by atoms with E-state index in [1.165, 1.54) is 28.0 Å². The summed E-state index contributed by atoms with van der Waals surface area (Å²) in [5.41, 5.74) is 11.9. The Labute approximate surface area is 131 Å². The van der Waals surface area contributed by atoms with Crippen molar-refractivity contribution in [2.75, 3.05) is 0 Å². The largest absolute Gasteiger partial charge is 0.357 e. The predicted octanol–water partition coefficient (Wildman–Crippen LogP) is 5.09. The zero-order valence-corrected chi connectivity index (χ0v) is 14.2. The van der Waals surface area contributed by atoms with E-state index in [9.17, 15) is 0 Å². The Hall–Kier alpha value is -2.29. The molecule has 3 heteroatoms. The highest BCUT2D eigenvalue weighted by molar-refractivity contribution is 6.03. The zero-order chi connectivity index (χ0) is 16.0. The van der Waals surface area contributed by atoms with Crippen molar-refractivity contribution < 1.29 is 0 Å². The first kappa shape index (κ1) is 14.6. The average Bonchev–Trinajstić information content (AvgIpc) is 3.09. The fourth-order valence-electron chi connectivity index (χ4n) is 2.86. The van der Waals surface area contributed by atoms with Gasteiger partial charge in [0.25, 0.3) is 0 Å². The van der Waals surface area contributed by atoms with Gasteiger partial charge in [-0.05, 0) is 82.0 Å². The van der Waals surface area contributed by atoms with E-state index in [1.54, 1.807) is 0 Å². The molecule has 3 nitrogen and oxygen atoms in total. The van der Waals surface area contributed by atoms with Crippen LogP contribution in [0.2, 0.25) is 0 Å². The number of aromatic nitrogens is 2. The van der Waals surface area contributed by atoms with Crippen LogP contribution in [0.1, 0.15) is 43.3 Å². The minimum Gasteiger partial charge on any atom is -0.357 e. The highest BCUT2D eigenvalue weighted by Gasteiger charge is 2.16. The number of nitrogens with one attached hydrogen (secondary N) is 2. The minimum atomic E-state index is 1.06. The van der Waals surface area contributed by atoms with Gasteiger partial charge in [-0.1, -0.05) is 0 Å². The molecule has 2 aromatic heterocycles. The van der Waals surface area contributed by atoms with Gasteiger partial charge in [-0.25, -0.2) is 0 Å². The van der Waals surface area contributed by atoms with Gasteiger partial charge < -0.3 is 9.97 Å². The van der Waals surface area contributed by atoms with Gasteiger partial charge in [0.05, 0.1) is 17.1 Å². The van der Waals surface area contributed by atoms with Crippen LogP contribution in [-0.2, 0) is 0 Å². The van der Waals surface area contributed by atoms with Crippen molar-refractivity contribution in [2.45, 2.75) is 41.5 Å². The Balaban J connectivity index is 2.08. The van der Waals surface area contributed by atoms with Gasteiger partial charge in [0.1, 0.15) is 0 Å². The van der Waals surface area contributed by atoms with Crippen LogP contribution in [0.3, 0.4) is 0 Å². The van der Waals surface area contributed by atoms with Crippen molar-refractivity contribution >= 4 is 11.8 Å². The Morgan fingerprint density at radius 1 is 0.864 bits per heavy atom. The predicted molar refractivity (Wildman–Crippen MR) is 94.3 cm³/mol. The number of hydrogen-bond donors (Lipinski definition) is 2. The summed E-state index contributed by atoms with van der Waals surface area (Å²) in [6.07, 6.45) is 2.16. The van der Waals surface area contributed by atoms with Crippen molar-refractivity contribution in [1.82, 2.24) is 9.97 Å². The molecule has 0 radical (unpaired) electrons. The summed E-state index contributed by atoms with van der Waals surface area (Å²) in [5, 5.41) is 0. The van der Waals surface area contributed by atoms with Crippen LogP contribution in [0, 0.1) is 20.8 Å². The molecule has 0 saturated carbocycles. The number of H-pyrrole nitrogens is 2. The molecule has 114 valence electrons. The Kier molecular flexibility index (Phi) is 3.44. The van der Waals surface area contributed by atoms with E-state index < -0.39 is 0 Å². The summed E-state index contributed by atoms with van der Waals surface area (Å²) in [5.74, 6) is 0. The van der Waals surface area contributed by atoms with Crippen LogP contribution in [0.25, 0.3) is 17.5 Å². The molecule has 0 saturated heterocycles. The van der Waals surface area contributed by atoms with Crippen molar-refractivity contribution in [2.24, 2.45) is 4.99 Å². The van der Waals surface area contributed by atoms with Crippen molar-refractivity contribution in [3.63, 3.8) is 0 Å². The maximum Gasteiger partial charge on any atom is 0.0686 e. The number of rotatable bonds is 2. The molecule has 1 aliphatic heterocycles. The first-order valence-electron chi connectivity index (χ1n) is 7.69. The molecular formula is C19H23N3. The van der Waals surface area contributed by atoms with Crippen molar-refractivity contribution in [1.29, 1.82) is 0 Å². The first-order chi connectivity index (χ1) is 10.4. The Morgan fingerprint density at radius 2 is 1.59 bits per heavy atom. The van der Waals surface area contributed by atoms with E-state index in [-0.39, 0.29) is 0 Å². The smallest absolute Gasteiger partial charge is 0.0686 e. The van der Waals surface area contributed by atoms with Crippen LogP contribution in [0.5, 0.6) is 0 Å². The third kappa shape index (κ3) is 2.27. The van der Waals surface area contributed by atoms with E-state index in [0.29, 0.717) is 0 Å². The molecule has 0 amide bonds. The van der Waals surface area contributed by atoms with Gasteiger partial charge in [0, 0.05) is 17.1 Å². The summed E-state index contributed by atoms with van der Waals surface area (Å²) in [6.45, 7) is 12.7. The number of aliphatic imine (C=N–C) groups is 1. The second kappa shape index (κ2) is 5.16. The number of aromatic amines is 2. The van der Waals surface area contributed by atoms with E-state index in [4.69, 9.17) is 0 Å². The molecular weight excluding hydrogens is 270 g/mol. The van der Waals surface area contributed by atoms with Gasteiger partial charge in [-0.2, -0.15) is 0 Å². The van der Waals surface area contributed by atoms with Gasteiger partial charge in [0.15, 0.2) is 0 Å². The molecule has 3 rings (SSSR count). The summed E-state index contributed by atoms with van der Waals surface area (Å²) in [6, 6.07) is 4.22. The van der Waals surface area contributed by atoms with Gasteiger partial charge in [-0.15, -0.1) is 0 Å². The zero-order valence-electron chi connectivity index (χ0n) is 14.2. The van der Waals surface area contributed by atoms with Gasteiger partial charge in [0.2, 0.25) is 0 Å². The van der Waals surface area contributed by atoms with Crippen molar-refractivity contribution in [3.8, 4) is 11.4 Å². The Bertz CT molecular complexity index is 838. The monoisotopic (exact) mass is 293 g/mol. The summed E-state index contributed by atoms with van der Waals surface area (Å²) < 4.78 is 0. The molecule has 2 aromatic rings. The molecule has 0 unspecified atom stereocenters. The normalized spacial score (nSPS) is 16.8. The van der Waals surface area contributed by atoms with Crippen LogP contribution < -0.4 is 0 Å². The minimum absolute atomic E-state index is 1.06. The van der Waals surface area contributed by atoms with Crippen LogP contribution >= 0.6 is 0 Å². The molecule has 0 aromatic carbocycles. The molecule has 0 fully saturated rings. The fourth-order valence-corrected chi connectivity index (χ4v) is 2.86. The number of aryl methyl sites for hydroxylation is 1. The molecule has 1 aliphatic rings. The number of hydrogen-bond acceptors (Lipinski definition) is 1. The van der Waals surface area contributed by atoms with Crippen LogP contribution in [0.4, 0.5) is 0 Å².